The summed E-state index contributed by atoms with van der Waals surface area (Å²) in [5.41, 5.74) is 1.67. The Labute approximate surface area is 169 Å². The van der Waals surface area contributed by atoms with E-state index in [-0.39, 0.29) is 5.91 Å². The SMILES string of the molecule is O=C1N(CCCOc2ccc3ccccc3c2)c2ccccc2C12OCCCO2. The predicted octanol–water partition coefficient (Wildman–Crippen LogP) is 4.25. The van der Waals surface area contributed by atoms with Crippen LogP contribution in [0.2, 0.25) is 0 Å². The first-order valence-electron chi connectivity index (χ1n) is 10.1. The number of ether oxygens (including phenoxy) is 3. The molecule has 1 saturated heterocycles. The molecule has 2 heterocycles. The van der Waals surface area contributed by atoms with Crippen molar-refractivity contribution in [2.24, 2.45) is 0 Å². The van der Waals surface area contributed by atoms with E-state index in [0.717, 1.165) is 28.8 Å². The minimum absolute atomic E-state index is 0.135. The van der Waals surface area contributed by atoms with Gasteiger partial charge in [-0.3, -0.25) is 4.79 Å². The topological polar surface area (TPSA) is 48.0 Å². The molecule has 0 saturated carbocycles. The first kappa shape index (κ1) is 18.2. The summed E-state index contributed by atoms with van der Waals surface area (Å²) in [6, 6.07) is 22.0. The molecule has 5 heteroatoms. The Hall–Kier alpha value is -2.89. The van der Waals surface area contributed by atoms with E-state index in [2.05, 4.69) is 18.2 Å². The lowest BCUT2D eigenvalue weighted by molar-refractivity contribution is -0.256. The highest BCUT2D eigenvalue weighted by molar-refractivity contribution is 6.06. The summed E-state index contributed by atoms with van der Waals surface area (Å²) in [4.78, 5) is 15.0. The first-order chi connectivity index (χ1) is 14.3. The van der Waals surface area contributed by atoms with E-state index in [1.807, 2.05) is 48.5 Å². The minimum atomic E-state index is -1.27. The maximum Gasteiger partial charge on any atom is 0.292 e. The molecule has 0 aromatic heterocycles. The van der Waals surface area contributed by atoms with Crippen molar-refractivity contribution in [3.05, 3.63) is 72.3 Å². The second kappa shape index (κ2) is 7.50. The lowest BCUT2D eigenvalue weighted by atomic mass is 10.1. The maximum absolute atomic E-state index is 13.2. The lowest BCUT2D eigenvalue weighted by Crippen LogP contribution is -2.47. The molecule has 0 N–H and O–H groups in total. The van der Waals surface area contributed by atoms with Crippen molar-refractivity contribution in [2.75, 3.05) is 31.3 Å². The molecule has 0 atom stereocenters. The molecule has 0 radical (unpaired) electrons. The smallest absolute Gasteiger partial charge is 0.292 e. The number of nitrogens with zero attached hydrogens (tertiary/aromatic N) is 1. The van der Waals surface area contributed by atoms with Crippen LogP contribution in [0.4, 0.5) is 5.69 Å². The van der Waals surface area contributed by atoms with Gasteiger partial charge in [-0.25, -0.2) is 0 Å². The number of para-hydroxylation sites is 1. The van der Waals surface area contributed by atoms with Crippen LogP contribution in [0.25, 0.3) is 10.8 Å². The standard InChI is InChI=1S/C24H23NO4/c26-23-24(28-15-6-16-29-24)21-9-3-4-10-22(21)25(23)13-5-14-27-20-12-11-18-7-1-2-8-19(18)17-20/h1-4,7-12,17H,5-6,13-16H2. The van der Waals surface area contributed by atoms with Gasteiger partial charge in [0.05, 0.1) is 25.5 Å². The summed E-state index contributed by atoms with van der Waals surface area (Å²) in [6.07, 6.45) is 1.51. The highest BCUT2D eigenvalue weighted by Crippen LogP contribution is 2.45. The molecule has 148 valence electrons. The molecule has 5 nitrogen and oxygen atoms in total. The summed E-state index contributed by atoms with van der Waals surface area (Å²) < 4.78 is 17.7. The average molecular weight is 389 g/mol. The highest BCUT2D eigenvalue weighted by Gasteiger charge is 2.54. The summed E-state index contributed by atoms with van der Waals surface area (Å²) in [6.45, 7) is 2.13. The fourth-order valence-electron chi connectivity index (χ4n) is 4.09. The molecular weight excluding hydrogens is 366 g/mol. The van der Waals surface area contributed by atoms with Gasteiger partial charge in [-0.2, -0.15) is 0 Å². The van der Waals surface area contributed by atoms with Crippen molar-refractivity contribution in [1.29, 1.82) is 0 Å². The van der Waals surface area contributed by atoms with Crippen molar-refractivity contribution in [3.63, 3.8) is 0 Å². The van der Waals surface area contributed by atoms with Gasteiger partial charge < -0.3 is 19.1 Å². The van der Waals surface area contributed by atoms with E-state index in [4.69, 9.17) is 14.2 Å². The van der Waals surface area contributed by atoms with E-state index < -0.39 is 5.79 Å². The van der Waals surface area contributed by atoms with Gasteiger partial charge in [0.25, 0.3) is 11.7 Å². The fourth-order valence-corrected chi connectivity index (χ4v) is 4.09. The lowest BCUT2D eigenvalue weighted by Gasteiger charge is -2.32. The molecule has 1 amide bonds. The monoisotopic (exact) mass is 389 g/mol. The Bertz CT molecular complexity index is 1040. The predicted molar refractivity (Wildman–Crippen MR) is 111 cm³/mol. The minimum Gasteiger partial charge on any atom is -0.494 e. The van der Waals surface area contributed by atoms with Gasteiger partial charge in [0, 0.05) is 12.1 Å². The Morgan fingerprint density at radius 3 is 2.55 bits per heavy atom. The number of rotatable bonds is 5. The van der Waals surface area contributed by atoms with Crippen molar-refractivity contribution in [2.45, 2.75) is 18.6 Å². The number of hydrogen-bond donors (Lipinski definition) is 0. The first-order valence-corrected chi connectivity index (χ1v) is 10.1. The van der Waals surface area contributed by atoms with Crippen molar-refractivity contribution in [3.8, 4) is 5.75 Å². The summed E-state index contributed by atoms with van der Waals surface area (Å²) >= 11 is 0. The molecule has 0 bridgehead atoms. The molecule has 1 fully saturated rings. The number of carbonyl (C=O) groups is 1. The number of anilines is 1. The third-order valence-electron chi connectivity index (χ3n) is 5.49. The van der Waals surface area contributed by atoms with Gasteiger partial charge in [0.15, 0.2) is 0 Å². The number of benzene rings is 3. The fraction of sp³-hybridized carbons (Fsp3) is 0.292. The van der Waals surface area contributed by atoms with Gasteiger partial charge >= 0.3 is 0 Å². The number of amides is 1. The van der Waals surface area contributed by atoms with Crippen molar-refractivity contribution < 1.29 is 19.0 Å². The molecule has 3 aromatic carbocycles. The molecular formula is C24H23NO4. The van der Waals surface area contributed by atoms with E-state index >= 15 is 0 Å². The van der Waals surface area contributed by atoms with Crippen LogP contribution in [-0.4, -0.2) is 32.3 Å². The van der Waals surface area contributed by atoms with E-state index in [1.165, 1.54) is 5.39 Å². The Balaban J connectivity index is 1.26. The van der Waals surface area contributed by atoms with Crippen LogP contribution in [0.3, 0.4) is 0 Å². The van der Waals surface area contributed by atoms with Gasteiger partial charge in [-0.1, -0.05) is 48.5 Å². The Morgan fingerprint density at radius 2 is 1.69 bits per heavy atom. The third kappa shape index (κ3) is 3.16. The molecule has 0 aliphatic carbocycles. The second-order valence-electron chi connectivity index (χ2n) is 7.35. The molecule has 29 heavy (non-hydrogen) atoms. The second-order valence-corrected chi connectivity index (χ2v) is 7.35. The molecule has 3 aromatic rings. The van der Waals surface area contributed by atoms with Crippen LogP contribution < -0.4 is 9.64 Å². The zero-order valence-electron chi connectivity index (χ0n) is 16.2. The normalized spacial score (nSPS) is 17.7. The molecule has 0 unspecified atom stereocenters. The summed E-state index contributed by atoms with van der Waals surface area (Å²) in [7, 11) is 0. The van der Waals surface area contributed by atoms with Crippen molar-refractivity contribution >= 4 is 22.4 Å². The molecule has 1 spiro atoms. The van der Waals surface area contributed by atoms with Crippen molar-refractivity contribution in [1.82, 2.24) is 0 Å². The number of hydrogen-bond acceptors (Lipinski definition) is 4. The molecule has 2 aliphatic heterocycles. The summed E-state index contributed by atoms with van der Waals surface area (Å²) in [5.74, 6) is -0.565. The quantitative estimate of drug-likeness (QED) is 0.612. The van der Waals surface area contributed by atoms with E-state index in [9.17, 15) is 4.79 Å². The van der Waals surface area contributed by atoms with Crippen LogP contribution in [0.5, 0.6) is 5.75 Å². The zero-order valence-corrected chi connectivity index (χ0v) is 16.2. The Morgan fingerprint density at radius 1 is 0.931 bits per heavy atom. The number of carbonyl (C=O) groups excluding carboxylic acids is 1. The van der Waals surface area contributed by atoms with Gasteiger partial charge in [0.1, 0.15) is 5.75 Å². The summed E-state index contributed by atoms with van der Waals surface area (Å²) in [5, 5.41) is 2.35. The average Bonchev–Trinajstić information content (AvgIpc) is 3.00. The van der Waals surface area contributed by atoms with E-state index in [1.54, 1.807) is 4.90 Å². The van der Waals surface area contributed by atoms with Crippen LogP contribution in [0.15, 0.2) is 66.7 Å². The van der Waals surface area contributed by atoms with E-state index in [0.29, 0.717) is 32.8 Å². The van der Waals surface area contributed by atoms with Gasteiger partial charge in [0.2, 0.25) is 0 Å². The largest absolute Gasteiger partial charge is 0.494 e. The third-order valence-corrected chi connectivity index (χ3v) is 5.49. The van der Waals surface area contributed by atoms with Crippen LogP contribution >= 0.6 is 0 Å². The Kier molecular flexibility index (Phi) is 4.70. The highest BCUT2D eigenvalue weighted by atomic mass is 16.7. The van der Waals surface area contributed by atoms with Crippen LogP contribution in [-0.2, 0) is 20.1 Å². The molecule has 2 aliphatic rings. The maximum atomic E-state index is 13.2. The van der Waals surface area contributed by atoms with Crippen LogP contribution in [0, 0.1) is 0 Å². The zero-order chi connectivity index (χ0) is 19.7. The van der Waals surface area contributed by atoms with Gasteiger partial charge in [-0.05, 0) is 41.8 Å². The van der Waals surface area contributed by atoms with Crippen LogP contribution in [0.1, 0.15) is 18.4 Å². The molecule has 5 rings (SSSR count). The van der Waals surface area contributed by atoms with Gasteiger partial charge in [-0.15, -0.1) is 0 Å². The number of fused-ring (bicyclic) bond motifs is 3.